The number of rotatable bonds is 6. The van der Waals surface area contributed by atoms with E-state index in [-0.39, 0.29) is 27.0 Å². The molecule has 0 spiro atoms. The molecule has 0 aliphatic heterocycles. The van der Waals surface area contributed by atoms with Gasteiger partial charge in [-0.05, 0) is 60.7 Å². The molecule has 0 saturated heterocycles. The first-order valence-corrected chi connectivity index (χ1v) is 12.8. The molecule has 36 heavy (non-hydrogen) atoms. The van der Waals surface area contributed by atoms with E-state index in [1.54, 1.807) is 6.07 Å². The van der Waals surface area contributed by atoms with Crippen molar-refractivity contribution >= 4 is 59.4 Å². The van der Waals surface area contributed by atoms with Crippen LogP contribution in [0, 0.1) is 0 Å². The summed E-state index contributed by atoms with van der Waals surface area (Å²) < 4.78 is 64.6. The lowest BCUT2D eigenvalue weighted by molar-refractivity contribution is 0.472. The number of phenolic OH excluding ortho intramolecular Hbond substituents is 1. The highest BCUT2D eigenvalue weighted by Gasteiger charge is 2.22. The van der Waals surface area contributed by atoms with Crippen molar-refractivity contribution in [2.45, 2.75) is 9.79 Å². The zero-order chi connectivity index (χ0) is 26.1. The van der Waals surface area contributed by atoms with Gasteiger partial charge in [0.25, 0.3) is 20.2 Å². The van der Waals surface area contributed by atoms with Gasteiger partial charge >= 0.3 is 0 Å². The molecular weight excluding hydrogens is 510 g/mol. The molecule has 0 heterocycles. The predicted molar refractivity (Wildman–Crippen MR) is 131 cm³/mol. The quantitative estimate of drug-likeness (QED) is 0.144. The average molecular weight is 528 g/mol. The molecule has 12 nitrogen and oxygen atoms in total. The van der Waals surface area contributed by atoms with E-state index < -0.39 is 36.6 Å². The standard InChI is InChI=1S/C22H17N5O7S2/c23-19-3-1-2-17-18(19)12-20(36(32,33)34)21(22(17)28)27-26-14-6-4-13(5-7-14)24-25-15-8-10-16(11-9-15)35(29,30)31/h1-12,28H,23H2,(H,29,30,31)(H,32,33,34). The molecule has 0 fully saturated rings. The number of fused-ring (bicyclic) bond motifs is 1. The molecule has 0 amide bonds. The Hall–Kier alpha value is -4.24. The summed E-state index contributed by atoms with van der Waals surface area (Å²) in [5, 5.41) is 26.8. The number of aromatic hydroxyl groups is 1. The van der Waals surface area contributed by atoms with E-state index in [1.165, 1.54) is 60.7 Å². The lowest BCUT2D eigenvalue weighted by atomic mass is 10.1. The fraction of sp³-hybridized carbons (Fsp3) is 0. The number of phenols is 1. The van der Waals surface area contributed by atoms with E-state index in [0.717, 1.165) is 6.07 Å². The third-order valence-electron chi connectivity index (χ3n) is 4.94. The van der Waals surface area contributed by atoms with Crippen molar-refractivity contribution < 1.29 is 31.0 Å². The summed E-state index contributed by atoms with van der Waals surface area (Å²) in [6, 6.07) is 16.9. The molecule has 0 unspecified atom stereocenters. The summed E-state index contributed by atoms with van der Waals surface area (Å²) in [5.74, 6) is -0.512. The van der Waals surface area contributed by atoms with Gasteiger partial charge in [-0.2, -0.15) is 32.2 Å². The molecule has 4 rings (SSSR count). The van der Waals surface area contributed by atoms with Gasteiger partial charge in [-0.15, -0.1) is 5.11 Å². The van der Waals surface area contributed by atoms with E-state index >= 15 is 0 Å². The maximum Gasteiger partial charge on any atom is 0.296 e. The Labute approximate surface area is 205 Å². The molecule has 0 saturated carbocycles. The lowest BCUT2D eigenvalue weighted by Crippen LogP contribution is -2.00. The van der Waals surface area contributed by atoms with Crippen LogP contribution >= 0.6 is 0 Å². The van der Waals surface area contributed by atoms with Crippen molar-refractivity contribution in [1.82, 2.24) is 0 Å². The van der Waals surface area contributed by atoms with Crippen LogP contribution in [-0.2, 0) is 20.2 Å². The van der Waals surface area contributed by atoms with Crippen LogP contribution in [-0.4, -0.2) is 31.0 Å². The van der Waals surface area contributed by atoms with E-state index in [2.05, 4.69) is 20.5 Å². The summed E-state index contributed by atoms with van der Waals surface area (Å²) >= 11 is 0. The van der Waals surface area contributed by atoms with Gasteiger partial charge in [0, 0.05) is 16.5 Å². The molecule has 14 heteroatoms. The first-order chi connectivity index (χ1) is 16.9. The van der Waals surface area contributed by atoms with Crippen molar-refractivity contribution in [3.05, 3.63) is 72.8 Å². The van der Waals surface area contributed by atoms with Gasteiger partial charge in [0.15, 0.2) is 5.75 Å². The summed E-state index contributed by atoms with van der Waals surface area (Å²) in [7, 11) is -9.07. The molecule has 5 N–H and O–H groups in total. The second-order valence-electron chi connectivity index (χ2n) is 7.37. The minimum atomic E-state index is -4.76. The Morgan fingerprint density at radius 1 is 0.639 bits per heavy atom. The SMILES string of the molecule is Nc1cccc2c(O)c(N=Nc3ccc(N=Nc4ccc(S(=O)(=O)O)cc4)cc3)c(S(=O)(=O)O)cc12. The Balaban J connectivity index is 1.60. The van der Waals surface area contributed by atoms with Crippen molar-refractivity contribution in [3.63, 3.8) is 0 Å². The van der Waals surface area contributed by atoms with Gasteiger partial charge in [-0.25, -0.2) is 0 Å². The highest BCUT2D eigenvalue weighted by molar-refractivity contribution is 7.86. The van der Waals surface area contributed by atoms with Gasteiger partial charge in [0.05, 0.1) is 22.0 Å². The largest absolute Gasteiger partial charge is 0.505 e. The molecule has 0 radical (unpaired) electrons. The van der Waals surface area contributed by atoms with E-state index in [9.17, 15) is 26.5 Å². The van der Waals surface area contributed by atoms with Gasteiger partial charge in [0.2, 0.25) is 0 Å². The molecule has 0 bridgehead atoms. The molecular formula is C22H17N5O7S2. The second kappa shape index (κ2) is 9.43. The molecule has 4 aromatic carbocycles. The summed E-state index contributed by atoms with van der Waals surface area (Å²) in [4.78, 5) is -0.922. The zero-order valence-corrected chi connectivity index (χ0v) is 19.7. The number of nitrogens with zero attached hydrogens (tertiary/aromatic N) is 4. The van der Waals surface area contributed by atoms with Gasteiger partial charge in [-0.3, -0.25) is 9.11 Å². The molecule has 0 atom stereocenters. The lowest BCUT2D eigenvalue weighted by Gasteiger charge is -2.10. The van der Waals surface area contributed by atoms with Gasteiger partial charge in [-0.1, -0.05) is 12.1 Å². The van der Waals surface area contributed by atoms with E-state index in [4.69, 9.17) is 10.3 Å². The summed E-state index contributed by atoms with van der Waals surface area (Å²) in [6.07, 6.45) is 0. The summed E-state index contributed by atoms with van der Waals surface area (Å²) in [6.45, 7) is 0. The molecule has 0 aromatic heterocycles. The molecule has 184 valence electrons. The van der Waals surface area contributed by atoms with Crippen LogP contribution in [0.4, 0.5) is 28.4 Å². The average Bonchev–Trinajstić information content (AvgIpc) is 2.82. The third-order valence-corrected chi connectivity index (χ3v) is 6.67. The highest BCUT2D eigenvalue weighted by atomic mass is 32.2. The smallest absolute Gasteiger partial charge is 0.296 e. The number of hydrogen-bond donors (Lipinski definition) is 4. The molecule has 4 aromatic rings. The first-order valence-electron chi connectivity index (χ1n) is 9.96. The fourth-order valence-corrected chi connectivity index (χ4v) is 4.31. The maximum atomic E-state index is 11.9. The minimum Gasteiger partial charge on any atom is -0.505 e. The van der Waals surface area contributed by atoms with Crippen molar-refractivity contribution in [3.8, 4) is 5.75 Å². The minimum absolute atomic E-state index is 0.204. The number of nitrogens with two attached hydrogens (primary N) is 1. The molecule has 0 aliphatic rings. The van der Waals surface area contributed by atoms with Crippen LogP contribution < -0.4 is 5.73 Å². The van der Waals surface area contributed by atoms with E-state index in [0.29, 0.717) is 11.4 Å². The van der Waals surface area contributed by atoms with Gasteiger partial charge in [0.1, 0.15) is 10.6 Å². The Bertz CT molecular complexity index is 1730. The summed E-state index contributed by atoms with van der Waals surface area (Å²) in [5.41, 5.74) is 6.65. The van der Waals surface area contributed by atoms with Crippen molar-refractivity contribution in [2.24, 2.45) is 20.5 Å². The van der Waals surface area contributed by atoms with Crippen LogP contribution in [0.1, 0.15) is 0 Å². The Morgan fingerprint density at radius 2 is 1.14 bits per heavy atom. The number of anilines is 1. The Kier molecular flexibility index (Phi) is 6.51. The van der Waals surface area contributed by atoms with E-state index in [1.807, 2.05) is 0 Å². The third kappa shape index (κ3) is 5.36. The van der Waals surface area contributed by atoms with Crippen LogP contribution in [0.5, 0.6) is 5.75 Å². The van der Waals surface area contributed by atoms with Crippen molar-refractivity contribution in [2.75, 3.05) is 5.73 Å². The number of nitrogen functional groups attached to an aromatic ring is 1. The topological polar surface area (TPSA) is 204 Å². The van der Waals surface area contributed by atoms with Crippen LogP contribution in [0.15, 0.2) is 103 Å². The Morgan fingerprint density at radius 3 is 1.64 bits per heavy atom. The zero-order valence-electron chi connectivity index (χ0n) is 18.1. The predicted octanol–water partition coefficient (Wildman–Crippen LogP) is 5.45. The van der Waals surface area contributed by atoms with Crippen LogP contribution in [0.25, 0.3) is 10.8 Å². The number of azo groups is 2. The first kappa shape index (κ1) is 24.9. The fourth-order valence-electron chi connectivity index (χ4n) is 3.18. The number of hydrogen-bond acceptors (Lipinski definition) is 10. The van der Waals surface area contributed by atoms with Crippen LogP contribution in [0.2, 0.25) is 0 Å². The van der Waals surface area contributed by atoms with Crippen molar-refractivity contribution in [1.29, 1.82) is 0 Å². The second-order valence-corrected chi connectivity index (χ2v) is 10.2. The monoisotopic (exact) mass is 527 g/mol. The van der Waals surface area contributed by atoms with Gasteiger partial charge < -0.3 is 10.8 Å². The highest BCUT2D eigenvalue weighted by Crippen LogP contribution is 2.42. The maximum absolute atomic E-state index is 11.9. The van der Waals surface area contributed by atoms with Crippen LogP contribution in [0.3, 0.4) is 0 Å². The molecule has 0 aliphatic carbocycles. The number of benzene rings is 4. The normalized spacial score (nSPS) is 12.6.